The fraction of sp³-hybridized carbons (Fsp3) is 0.438. The molecule has 1 N–H and O–H groups in total. The lowest BCUT2D eigenvalue weighted by molar-refractivity contribution is -0.142. The minimum absolute atomic E-state index is 0.0763. The summed E-state index contributed by atoms with van der Waals surface area (Å²) in [6, 6.07) is 2.96. The van der Waals surface area contributed by atoms with E-state index in [-0.39, 0.29) is 17.2 Å². The third kappa shape index (κ3) is 2.92. The molecule has 0 bridgehead atoms. The quantitative estimate of drug-likeness (QED) is 0.553. The van der Waals surface area contributed by atoms with Gasteiger partial charge in [0.05, 0.1) is 5.69 Å². The van der Waals surface area contributed by atoms with Gasteiger partial charge in [-0.15, -0.1) is 0 Å². The molecule has 122 valence electrons. The van der Waals surface area contributed by atoms with Crippen LogP contribution in [0.25, 0.3) is 0 Å². The Hall–Kier alpha value is -1.32. The number of rotatable bonds is 2. The number of hydrogen-bond acceptors (Lipinski definition) is 2. The Balaban J connectivity index is 2.23. The number of fused-ring (bicyclic) bond motifs is 1. The lowest BCUT2D eigenvalue weighted by Gasteiger charge is -2.38. The van der Waals surface area contributed by atoms with Crippen LogP contribution >= 0.6 is 27.5 Å². The average Bonchev–Trinajstić information content (AvgIpc) is 3.27. The van der Waals surface area contributed by atoms with Gasteiger partial charge >= 0.3 is 6.09 Å². The van der Waals surface area contributed by atoms with Crippen LogP contribution < -0.4 is 5.32 Å². The zero-order valence-corrected chi connectivity index (χ0v) is 14.5. The average molecular weight is 405 g/mol. The summed E-state index contributed by atoms with van der Waals surface area (Å²) in [6.45, 7) is 0.698. The Bertz CT molecular complexity index is 734. The van der Waals surface area contributed by atoms with Gasteiger partial charge in [0.2, 0.25) is 0 Å². The van der Waals surface area contributed by atoms with Gasteiger partial charge in [0.15, 0.2) is 0 Å². The van der Waals surface area contributed by atoms with Gasteiger partial charge in [-0.25, -0.2) is 13.6 Å². The van der Waals surface area contributed by atoms with E-state index < -0.39 is 17.6 Å². The number of anilines is 1. The molecule has 0 unspecified atom stereocenters. The maximum atomic E-state index is 14.4. The number of benzene rings is 1. The van der Waals surface area contributed by atoms with E-state index >= 15 is 0 Å². The Kier molecular flexibility index (Phi) is 4.06. The highest BCUT2D eigenvalue weighted by Crippen LogP contribution is 2.48. The number of hydrogen-bond donors (Lipinski definition) is 1. The van der Waals surface area contributed by atoms with E-state index in [1.54, 1.807) is 6.07 Å². The summed E-state index contributed by atoms with van der Waals surface area (Å²) in [5.41, 5.74) is -1.34. The predicted molar refractivity (Wildman–Crippen MR) is 87.0 cm³/mol. The van der Waals surface area contributed by atoms with Crippen molar-refractivity contribution in [3.8, 4) is 11.8 Å². The molecular formula is C16H13BrClF2NO2. The van der Waals surface area contributed by atoms with E-state index in [2.05, 4.69) is 33.1 Å². The van der Waals surface area contributed by atoms with E-state index in [9.17, 15) is 13.6 Å². The van der Waals surface area contributed by atoms with Crippen molar-refractivity contribution in [3.05, 3.63) is 28.3 Å². The minimum atomic E-state index is -3.39. The van der Waals surface area contributed by atoms with Crippen LogP contribution in [-0.4, -0.2) is 12.0 Å². The first-order valence-electron chi connectivity index (χ1n) is 7.06. The number of ether oxygens (including phenoxy) is 1. The molecule has 0 spiro atoms. The second kappa shape index (κ2) is 5.64. The van der Waals surface area contributed by atoms with Crippen molar-refractivity contribution in [1.29, 1.82) is 0 Å². The molecule has 0 saturated heterocycles. The maximum Gasteiger partial charge on any atom is 0.413 e. The Morgan fingerprint density at radius 2 is 2.22 bits per heavy atom. The van der Waals surface area contributed by atoms with Crippen LogP contribution in [0.4, 0.5) is 19.3 Å². The zero-order chi connectivity index (χ0) is 16.8. The number of carbonyl (C=O) groups excluding carboxylic acids is 1. The molecule has 23 heavy (non-hydrogen) atoms. The Morgan fingerprint density at radius 1 is 1.52 bits per heavy atom. The molecule has 1 aliphatic carbocycles. The van der Waals surface area contributed by atoms with E-state index in [1.165, 1.54) is 6.07 Å². The molecule has 2 aliphatic rings. The van der Waals surface area contributed by atoms with E-state index in [4.69, 9.17) is 16.3 Å². The first-order chi connectivity index (χ1) is 10.8. The molecular weight excluding hydrogens is 392 g/mol. The standard InChI is InChI=1S/C16H13BrClF2NO2/c1-15(19,20)16(5-4-9-2-3-9)11-7-12(18)10(8-17)6-13(11)21-14(22)23-16/h6-7,9H,2-3,8H2,1H3,(H,21,22)/t16-/m0/s1. The summed E-state index contributed by atoms with van der Waals surface area (Å²) in [5, 5.41) is 3.19. The van der Waals surface area contributed by atoms with Crippen molar-refractivity contribution in [2.45, 2.75) is 36.6 Å². The molecule has 1 aromatic carbocycles. The number of alkyl halides is 3. The highest BCUT2D eigenvalue weighted by molar-refractivity contribution is 9.08. The lowest BCUT2D eigenvalue weighted by Crippen LogP contribution is -2.50. The van der Waals surface area contributed by atoms with Crippen molar-refractivity contribution >= 4 is 39.3 Å². The smallest absolute Gasteiger partial charge is 0.413 e. The van der Waals surface area contributed by atoms with Crippen molar-refractivity contribution in [3.63, 3.8) is 0 Å². The highest BCUT2D eigenvalue weighted by Gasteiger charge is 2.57. The van der Waals surface area contributed by atoms with Crippen molar-refractivity contribution in [2.75, 3.05) is 5.32 Å². The molecule has 1 heterocycles. The first-order valence-corrected chi connectivity index (χ1v) is 8.56. The molecule has 1 amide bonds. The number of halogens is 4. The van der Waals surface area contributed by atoms with Gasteiger partial charge in [0, 0.05) is 28.8 Å². The van der Waals surface area contributed by atoms with Gasteiger partial charge in [-0.2, -0.15) is 0 Å². The molecule has 0 radical (unpaired) electrons. The second-order valence-electron chi connectivity index (χ2n) is 5.75. The Labute approximate surface area is 145 Å². The summed E-state index contributed by atoms with van der Waals surface area (Å²) in [7, 11) is 0. The monoisotopic (exact) mass is 403 g/mol. The van der Waals surface area contributed by atoms with Gasteiger partial charge in [-0.05, 0) is 36.5 Å². The number of cyclic esters (lactones) is 1. The molecule has 1 aliphatic heterocycles. The molecule has 0 aromatic heterocycles. The van der Waals surface area contributed by atoms with Crippen LogP contribution in [0.2, 0.25) is 5.02 Å². The summed E-state index contributed by atoms with van der Waals surface area (Å²) >= 11 is 9.43. The summed E-state index contributed by atoms with van der Waals surface area (Å²) in [6.07, 6.45) is 0.800. The first kappa shape index (κ1) is 16.5. The van der Waals surface area contributed by atoms with Gasteiger partial charge in [0.25, 0.3) is 11.5 Å². The van der Waals surface area contributed by atoms with Crippen LogP contribution in [0.5, 0.6) is 0 Å². The summed E-state index contributed by atoms with van der Waals surface area (Å²) < 4.78 is 33.9. The largest absolute Gasteiger partial charge is 0.418 e. The van der Waals surface area contributed by atoms with Gasteiger partial charge in [-0.3, -0.25) is 5.32 Å². The molecule has 1 atom stereocenters. The molecule has 3 nitrogen and oxygen atoms in total. The highest BCUT2D eigenvalue weighted by atomic mass is 79.9. The van der Waals surface area contributed by atoms with E-state index in [0.29, 0.717) is 22.8 Å². The Morgan fingerprint density at radius 3 is 2.78 bits per heavy atom. The third-order valence-electron chi connectivity index (χ3n) is 3.84. The minimum Gasteiger partial charge on any atom is -0.418 e. The van der Waals surface area contributed by atoms with Crippen LogP contribution in [-0.2, 0) is 15.7 Å². The predicted octanol–water partition coefficient (Wildman–Crippen LogP) is 5.06. The third-order valence-corrected chi connectivity index (χ3v) is 4.80. The summed E-state index contributed by atoms with van der Waals surface area (Å²) in [4.78, 5) is 11.9. The van der Waals surface area contributed by atoms with Gasteiger partial charge < -0.3 is 4.74 Å². The number of amides is 1. The number of nitrogens with one attached hydrogen (secondary N) is 1. The van der Waals surface area contributed by atoms with Crippen LogP contribution in [0, 0.1) is 17.8 Å². The fourth-order valence-electron chi connectivity index (χ4n) is 2.40. The number of carbonyl (C=O) groups is 1. The molecule has 1 saturated carbocycles. The molecule has 3 rings (SSSR count). The van der Waals surface area contributed by atoms with Crippen LogP contribution in [0.1, 0.15) is 30.9 Å². The topological polar surface area (TPSA) is 38.3 Å². The van der Waals surface area contributed by atoms with Crippen molar-refractivity contribution < 1.29 is 18.3 Å². The van der Waals surface area contributed by atoms with Crippen molar-refractivity contribution in [2.24, 2.45) is 5.92 Å². The van der Waals surface area contributed by atoms with Crippen LogP contribution in [0.15, 0.2) is 12.1 Å². The van der Waals surface area contributed by atoms with Gasteiger partial charge in [-0.1, -0.05) is 33.5 Å². The SMILES string of the molecule is CC(F)(F)[C@@]1(C#CC2CC2)OC(=O)Nc2cc(CBr)c(Cl)cc21. The fourth-order valence-corrected chi connectivity index (χ4v) is 3.26. The zero-order valence-electron chi connectivity index (χ0n) is 12.2. The van der Waals surface area contributed by atoms with E-state index in [1.807, 2.05) is 0 Å². The lowest BCUT2D eigenvalue weighted by atomic mass is 9.85. The molecule has 7 heteroatoms. The normalized spacial score (nSPS) is 23.3. The molecule has 1 aromatic rings. The van der Waals surface area contributed by atoms with E-state index in [0.717, 1.165) is 12.8 Å². The van der Waals surface area contributed by atoms with Crippen LogP contribution in [0.3, 0.4) is 0 Å². The van der Waals surface area contributed by atoms with Gasteiger partial charge in [0.1, 0.15) is 0 Å². The molecule has 1 fully saturated rings. The summed E-state index contributed by atoms with van der Waals surface area (Å²) in [5.74, 6) is 2.03. The van der Waals surface area contributed by atoms with Crippen molar-refractivity contribution in [1.82, 2.24) is 0 Å². The second-order valence-corrected chi connectivity index (χ2v) is 6.72. The maximum absolute atomic E-state index is 14.4.